The highest BCUT2D eigenvalue weighted by molar-refractivity contribution is 6.13. The molecule has 0 bridgehead atoms. The summed E-state index contributed by atoms with van der Waals surface area (Å²) in [5, 5.41) is 5.72. The van der Waals surface area contributed by atoms with Gasteiger partial charge in [0, 0.05) is 50.4 Å². The van der Waals surface area contributed by atoms with Gasteiger partial charge in [-0.3, -0.25) is 8.97 Å². The molecule has 0 spiro atoms. The van der Waals surface area contributed by atoms with Crippen molar-refractivity contribution in [3.63, 3.8) is 0 Å². The van der Waals surface area contributed by atoms with E-state index in [4.69, 9.17) is 15.0 Å². The molecule has 0 fully saturated rings. The number of hydrogen-bond acceptors (Lipinski definition) is 3. The number of fused-ring (bicyclic) bond motifs is 10. The van der Waals surface area contributed by atoms with Crippen molar-refractivity contribution in [3.05, 3.63) is 182 Å². The molecule has 0 saturated carbocycles. The van der Waals surface area contributed by atoms with Crippen molar-refractivity contribution < 1.29 is 0 Å². The van der Waals surface area contributed by atoms with Crippen molar-refractivity contribution >= 4 is 71.2 Å². The molecule has 5 heterocycles. The fraction of sp³-hybridized carbons (Fsp3) is 0. The number of imidazole rings is 1. The minimum atomic E-state index is 0.657. The summed E-state index contributed by atoms with van der Waals surface area (Å²) >= 11 is 0. The minimum absolute atomic E-state index is 0.657. The molecule has 0 radical (unpaired) electrons. The van der Waals surface area contributed by atoms with E-state index in [9.17, 15) is 0 Å². The van der Waals surface area contributed by atoms with Crippen LogP contribution in [0.25, 0.3) is 105 Å². The second kappa shape index (κ2) is 11.5. The van der Waals surface area contributed by atoms with Crippen LogP contribution in [0.5, 0.6) is 0 Å². The molecule has 0 saturated heterocycles. The number of para-hydroxylation sites is 5. The van der Waals surface area contributed by atoms with Crippen LogP contribution in [0.4, 0.5) is 0 Å². The van der Waals surface area contributed by atoms with Gasteiger partial charge >= 0.3 is 0 Å². The lowest BCUT2D eigenvalue weighted by atomic mass is 10.0. The minimum Gasteiger partial charge on any atom is -0.309 e. The Morgan fingerprint density at radius 1 is 0.345 bits per heavy atom. The van der Waals surface area contributed by atoms with Crippen LogP contribution in [-0.4, -0.2) is 28.5 Å². The molecule has 6 heteroatoms. The lowest BCUT2D eigenvalue weighted by Crippen LogP contribution is -2.03. The Hall–Kier alpha value is -7.57. The van der Waals surface area contributed by atoms with E-state index >= 15 is 0 Å². The number of aromatic nitrogens is 6. The first-order chi connectivity index (χ1) is 27.3. The van der Waals surface area contributed by atoms with Gasteiger partial charge in [0.15, 0.2) is 0 Å². The molecule has 7 aromatic carbocycles. The number of pyridine rings is 1. The topological polar surface area (TPSA) is 52.9 Å². The third-order valence-electron chi connectivity index (χ3n) is 11.1. The van der Waals surface area contributed by atoms with Crippen LogP contribution in [-0.2, 0) is 0 Å². The summed E-state index contributed by atoms with van der Waals surface area (Å²) in [5.74, 6) is 0.657. The SMILES string of the molecule is c1ccc(-c2nc(-n3c4ccccc4c4cc(-c5ccc6c(c5)c5cn7c(cc5n6-c5ccccc5)nc5ccccc57)ccc43)nc3ccccc23)cc1. The molecule has 6 nitrogen and oxygen atoms in total. The van der Waals surface area contributed by atoms with Crippen molar-refractivity contribution in [2.45, 2.75) is 0 Å². The molecule has 256 valence electrons. The summed E-state index contributed by atoms with van der Waals surface area (Å²) in [6.45, 7) is 0. The quantitative estimate of drug-likeness (QED) is 0.183. The van der Waals surface area contributed by atoms with Crippen LogP contribution in [0.15, 0.2) is 182 Å². The lowest BCUT2D eigenvalue weighted by Gasteiger charge is -2.12. The Bertz CT molecular complexity index is 3480. The van der Waals surface area contributed by atoms with Gasteiger partial charge in [0.1, 0.15) is 5.65 Å². The number of rotatable bonds is 4. The first kappa shape index (κ1) is 29.9. The Balaban J connectivity index is 1.08. The Morgan fingerprint density at radius 2 is 0.945 bits per heavy atom. The maximum absolute atomic E-state index is 5.26. The second-order valence-corrected chi connectivity index (χ2v) is 14.1. The predicted octanol–water partition coefficient (Wildman–Crippen LogP) is 12.0. The molecule has 55 heavy (non-hydrogen) atoms. The first-order valence-electron chi connectivity index (χ1n) is 18.5. The molecule has 0 aliphatic heterocycles. The van der Waals surface area contributed by atoms with Gasteiger partial charge in [0.2, 0.25) is 5.95 Å². The van der Waals surface area contributed by atoms with E-state index in [2.05, 4.69) is 177 Å². The summed E-state index contributed by atoms with van der Waals surface area (Å²) in [6, 6.07) is 62.1. The standard InChI is InChI=1S/C49H30N6/c1-3-13-31(14-4-1)48-36-18-7-9-19-40(36)51-49(52-48)55-42-21-11-8-17-35(42)37-27-32(24-26-44(37)55)33-23-25-43-38(28-33)39-30-53-45-22-12-10-20-41(45)50-47(53)29-46(39)54(43)34-15-5-2-6-16-34/h1-30H. The van der Waals surface area contributed by atoms with Gasteiger partial charge in [-0.15, -0.1) is 0 Å². The maximum atomic E-state index is 5.26. The molecule has 5 aromatic heterocycles. The molecule has 12 aromatic rings. The van der Waals surface area contributed by atoms with Gasteiger partial charge < -0.3 is 4.57 Å². The monoisotopic (exact) mass is 702 g/mol. The molecule has 0 amide bonds. The first-order valence-corrected chi connectivity index (χ1v) is 18.5. The van der Waals surface area contributed by atoms with E-state index in [0.29, 0.717) is 5.95 Å². The van der Waals surface area contributed by atoms with Crippen LogP contribution in [0.3, 0.4) is 0 Å². The fourth-order valence-corrected chi connectivity index (χ4v) is 8.55. The molecule has 0 N–H and O–H groups in total. The summed E-state index contributed by atoms with van der Waals surface area (Å²) in [5.41, 5.74) is 13.8. The van der Waals surface area contributed by atoms with Crippen LogP contribution in [0.2, 0.25) is 0 Å². The van der Waals surface area contributed by atoms with Crippen LogP contribution >= 0.6 is 0 Å². The van der Waals surface area contributed by atoms with Crippen molar-refractivity contribution in [1.29, 1.82) is 0 Å². The van der Waals surface area contributed by atoms with E-state index < -0.39 is 0 Å². The summed E-state index contributed by atoms with van der Waals surface area (Å²) in [7, 11) is 0. The summed E-state index contributed by atoms with van der Waals surface area (Å²) in [4.78, 5) is 15.4. The lowest BCUT2D eigenvalue weighted by molar-refractivity contribution is 1.01. The number of hydrogen-bond donors (Lipinski definition) is 0. The highest BCUT2D eigenvalue weighted by Crippen LogP contribution is 2.39. The second-order valence-electron chi connectivity index (χ2n) is 14.1. The molecule has 0 aliphatic rings. The fourth-order valence-electron chi connectivity index (χ4n) is 8.55. The highest BCUT2D eigenvalue weighted by atomic mass is 15.2. The summed E-state index contributed by atoms with van der Waals surface area (Å²) in [6.07, 6.45) is 2.26. The van der Waals surface area contributed by atoms with Crippen LogP contribution in [0.1, 0.15) is 0 Å². The van der Waals surface area contributed by atoms with Gasteiger partial charge in [-0.25, -0.2) is 15.0 Å². The van der Waals surface area contributed by atoms with E-state index in [0.717, 1.165) is 88.5 Å². The normalized spacial score (nSPS) is 12.0. The maximum Gasteiger partial charge on any atom is 0.235 e. The highest BCUT2D eigenvalue weighted by Gasteiger charge is 2.20. The zero-order chi connectivity index (χ0) is 36.0. The zero-order valence-corrected chi connectivity index (χ0v) is 29.5. The Morgan fingerprint density at radius 3 is 1.73 bits per heavy atom. The zero-order valence-electron chi connectivity index (χ0n) is 29.5. The third-order valence-corrected chi connectivity index (χ3v) is 11.1. The molecule has 0 aliphatic carbocycles. The molecule has 0 atom stereocenters. The van der Waals surface area contributed by atoms with E-state index in [1.807, 2.05) is 18.2 Å². The van der Waals surface area contributed by atoms with E-state index in [1.165, 1.54) is 10.8 Å². The number of nitrogens with zero attached hydrogens (tertiary/aromatic N) is 6. The van der Waals surface area contributed by atoms with Crippen molar-refractivity contribution in [2.75, 3.05) is 0 Å². The molecule has 12 rings (SSSR count). The van der Waals surface area contributed by atoms with Crippen molar-refractivity contribution in [2.24, 2.45) is 0 Å². The smallest absolute Gasteiger partial charge is 0.235 e. The van der Waals surface area contributed by atoms with Crippen LogP contribution < -0.4 is 0 Å². The van der Waals surface area contributed by atoms with E-state index in [1.54, 1.807) is 0 Å². The van der Waals surface area contributed by atoms with Crippen molar-refractivity contribution in [3.8, 4) is 34.0 Å². The largest absolute Gasteiger partial charge is 0.309 e. The Labute approximate surface area is 314 Å². The van der Waals surface area contributed by atoms with Crippen molar-refractivity contribution in [1.82, 2.24) is 28.5 Å². The molecule has 0 unspecified atom stereocenters. The van der Waals surface area contributed by atoms with Gasteiger partial charge in [-0.05, 0) is 71.8 Å². The summed E-state index contributed by atoms with van der Waals surface area (Å²) < 4.78 is 6.79. The van der Waals surface area contributed by atoms with Gasteiger partial charge in [0.25, 0.3) is 0 Å². The van der Waals surface area contributed by atoms with Crippen LogP contribution in [0, 0.1) is 0 Å². The van der Waals surface area contributed by atoms with Gasteiger partial charge in [-0.2, -0.15) is 0 Å². The molecular weight excluding hydrogens is 673 g/mol. The van der Waals surface area contributed by atoms with Gasteiger partial charge in [-0.1, -0.05) is 109 Å². The average molecular weight is 703 g/mol. The Kier molecular flexibility index (Phi) is 6.24. The van der Waals surface area contributed by atoms with Gasteiger partial charge in [0.05, 0.1) is 44.3 Å². The average Bonchev–Trinajstić information content (AvgIpc) is 3.89. The van der Waals surface area contributed by atoms with E-state index in [-0.39, 0.29) is 0 Å². The predicted molar refractivity (Wildman–Crippen MR) is 225 cm³/mol. The molecular formula is C49H30N6. The third kappa shape index (κ3) is 4.46. The number of benzene rings is 7.